The molecule has 1 N–H and O–H groups in total. The minimum Gasteiger partial charge on any atom is -0.449 e. The largest absolute Gasteiger partial charge is 0.449 e. The number of rotatable bonds is 6. The van der Waals surface area contributed by atoms with Crippen LogP contribution in [0.4, 0.5) is 10.1 Å². The number of ether oxygens (including phenoxy) is 1. The molecule has 0 unspecified atom stereocenters. The van der Waals surface area contributed by atoms with Crippen LogP contribution in [0.1, 0.15) is 17.3 Å². The minimum absolute atomic E-state index is 0.0259. The number of sulfonamides is 1. The molecule has 32 heavy (non-hydrogen) atoms. The molecule has 0 bridgehead atoms. The van der Waals surface area contributed by atoms with Crippen molar-refractivity contribution in [3.05, 3.63) is 77.9 Å². The zero-order chi connectivity index (χ0) is 22.9. The van der Waals surface area contributed by atoms with Crippen molar-refractivity contribution in [2.45, 2.75) is 25.7 Å². The minimum atomic E-state index is -3.91. The van der Waals surface area contributed by atoms with Crippen LogP contribution in [0, 0.1) is 26.6 Å². The highest BCUT2D eigenvalue weighted by Gasteiger charge is 2.20. The molecule has 10 heteroatoms. The highest BCUT2D eigenvalue weighted by molar-refractivity contribution is 7.92. The second-order valence-corrected chi connectivity index (χ2v) is 8.65. The third kappa shape index (κ3) is 4.45. The van der Waals surface area contributed by atoms with Crippen molar-refractivity contribution in [2.75, 3.05) is 4.72 Å². The zero-order valence-corrected chi connectivity index (χ0v) is 18.3. The summed E-state index contributed by atoms with van der Waals surface area (Å²) in [6, 6.07) is 12.0. The number of hydrogen-bond acceptors (Lipinski definition) is 7. The highest BCUT2D eigenvalue weighted by Crippen LogP contribution is 2.27. The van der Waals surface area contributed by atoms with E-state index in [1.807, 2.05) is 0 Å². The van der Waals surface area contributed by atoms with Gasteiger partial charge in [0.25, 0.3) is 10.0 Å². The van der Waals surface area contributed by atoms with Gasteiger partial charge in [0.05, 0.1) is 22.0 Å². The molecule has 0 aliphatic rings. The molecule has 0 atom stereocenters. The summed E-state index contributed by atoms with van der Waals surface area (Å²) in [6.45, 7) is 4.94. The van der Waals surface area contributed by atoms with Crippen LogP contribution in [0.25, 0.3) is 11.3 Å². The maximum Gasteiger partial charge on any atom is 0.322 e. The van der Waals surface area contributed by atoms with Crippen LogP contribution in [0.5, 0.6) is 11.8 Å². The first-order chi connectivity index (χ1) is 15.2. The summed E-state index contributed by atoms with van der Waals surface area (Å²) in [5, 5.41) is 0. The second-order valence-electron chi connectivity index (χ2n) is 6.97. The van der Waals surface area contributed by atoms with E-state index in [4.69, 9.17) is 9.15 Å². The molecule has 4 aromatic rings. The average Bonchev–Trinajstić information content (AvgIpc) is 3.19. The van der Waals surface area contributed by atoms with E-state index in [2.05, 4.69) is 19.7 Å². The predicted octanol–water partition coefficient (Wildman–Crippen LogP) is 4.79. The van der Waals surface area contributed by atoms with Crippen LogP contribution in [0.3, 0.4) is 0 Å². The summed E-state index contributed by atoms with van der Waals surface area (Å²) in [7, 11) is -3.91. The number of hydrogen-bond donors (Lipinski definition) is 1. The Morgan fingerprint density at radius 1 is 0.938 bits per heavy atom. The number of nitrogens with one attached hydrogen (secondary N) is 1. The molecular weight excluding hydrogens is 435 g/mol. The molecule has 0 amide bonds. The molecule has 0 aliphatic heterocycles. The van der Waals surface area contributed by atoms with E-state index in [0.29, 0.717) is 23.0 Å². The molecule has 0 saturated heterocycles. The lowest BCUT2D eigenvalue weighted by molar-refractivity contribution is 0.409. The monoisotopic (exact) mass is 454 g/mol. The standard InChI is InChI=1S/C22H19FN4O4S/c1-13-21(14(2)25-22(24-13)31-20-7-5-4-6-18(20)23)27-32(28,29)17-10-8-16(9-11-17)19-12-30-15(3)26-19/h4-12,27H,1-3H3. The number of anilines is 1. The summed E-state index contributed by atoms with van der Waals surface area (Å²) < 4.78 is 52.7. The van der Waals surface area contributed by atoms with E-state index in [1.165, 1.54) is 36.6 Å². The number of para-hydroxylation sites is 1. The van der Waals surface area contributed by atoms with Crippen LogP contribution in [0.2, 0.25) is 0 Å². The van der Waals surface area contributed by atoms with Gasteiger partial charge in [0.2, 0.25) is 0 Å². The predicted molar refractivity (Wildman–Crippen MR) is 115 cm³/mol. The van der Waals surface area contributed by atoms with Gasteiger partial charge >= 0.3 is 6.01 Å². The summed E-state index contributed by atoms with van der Waals surface area (Å²) in [4.78, 5) is 12.6. The summed E-state index contributed by atoms with van der Waals surface area (Å²) >= 11 is 0. The fraction of sp³-hybridized carbons (Fsp3) is 0.136. The Kier molecular flexibility index (Phi) is 5.62. The average molecular weight is 454 g/mol. The Bertz CT molecular complexity index is 1360. The van der Waals surface area contributed by atoms with Crippen molar-refractivity contribution in [3.8, 4) is 23.0 Å². The van der Waals surface area contributed by atoms with E-state index in [1.54, 1.807) is 39.0 Å². The van der Waals surface area contributed by atoms with Gasteiger partial charge in [0, 0.05) is 12.5 Å². The molecule has 2 aromatic carbocycles. The molecule has 2 heterocycles. The molecule has 0 radical (unpaired) electrons. The lowest BCUT2D eigenvalue weighted by Crippen LogP contribution is -2.16. The molecular formula is C22H19FN4O4S. The van der Waals surface area contributed by atoms with E-state index >= 15 is 0 Å². The number of halogens is 1. The molecule has 0 saturated carbocycles. The summed E-state index contributed by atoms with van der Waals surface area (Å²) in [5.41, 5.74) is 2.24. The van der Waals surface area contributed by atoms with E-state index in [9.17, 15) is 12.8 Å². The first-order valence-corrected chi connectivity index (χ1v) is 11.0. The van der Waals surface area contributed by atoms with Crippen molar-refractivity contribution < 1.29 is 22.0 Å². The Morgan fingerprint density at radius 2 is 1.59 bits per heavy atom. The van der Waals surface area contributed by atoms with Gasteiger partial charge in [-0.3, -0.25) is 4.72 Å². The van der Waals surface area contributed by atoms with Crippen molar-refractivity contribution in [1.82, 2.24) is 15.0 Å². The Balaban J connectivity index is 1.57. The number of oxazole rings is 1. The zero-order valence-electron chi connectivity index (χ0n) is 17.5. The molecule has 8 nitrogen and oxygen atoms in total. The van der Waals surface area contributed by atoms with Crippen LogP contribution < -0.4 is 9.46 Å². The highest BCUT2D eigenvalue weighted by atomic mass is 32.2. The summed E-state index contributed by atoms with van der Waals surface area (Å²) in [6.07, 6.45) is 1.51. The van der Waals surface area contributed by atoms with Crippen LogP contribution in [-0.4, -0.2) is 23.4 Å². The number of benzene rings is 2. The fourth-order valence-electron chi connectivity index (χ4n) is 3.00. The lowest BCUT2D eigenvalue weighted by Gasteiger charge is -2.14. The third-order valence-electron chi connectivity index (χ3n) is 4.60. The van der Waals surface area contributed by atoms with Crippen LogP contribution >= 0.6 is 0 Å². The molecule has 2 aromatic heterocycles. The number of aryl methyl sites for hydroxylation is 3. The lowest BCUT2D eigenvalue weighted by atomic mass is 10.2. The SMILES string of the molecule is Cc1nc(-c2ccc(S(=O)(=O)Nc3c(C)nc(Oc4ccccc4F)nc3C)cc2)co1. The molecule has 0 aliphatic carbocycles. The van der Waals surface area contributed by atoms with Gasteiger partial charge in [-0.1, -0.05) is 24.3 Å². The van der Waals surface area contributed by atoms with Gasteiger partial charge < -0.3 is 9.15 Å². The molecule has 0 spiro atoms. The fourth-order valence-corrected chi connectivity index (χ4v) is 4.18. The Morgan fingerprint density at radius 3 is 2.19 bits per heavy atom. The van der Waals surface area contributed by atoms with E-state index < -0.39 is 15.8 Å². The maximum absolute atomic E-state index is 13.8. The first kappa shape index (κ1) is 21.4. The third-order valence-corrected chi connectivity index (χ3v) is 5.97. The first-order valence-electron chi connectivity index (χ1n) is 9.56. The van der Waals surface area contributed by atoms with Crippen LogP contribution in [0.15, 0.2) is 64.1 Å². The van der Waals surface area contributed by atoms with Gasteiger partial charge in [-0.2, -0.15) is 9.97 Å². The van der Waals surface area contributed by atoms with Gasteiger partial charge in [-0.25, -0.2) is 17.8 Å². The summed E-state index contributed by atoms with van der Waals surface area (Å²) in [5.74, 6) is -0.0609. The van der Waals surface area contributed by atoms with Crippen molar-refractivity contribution in [3.63, 3.8) is 0 Å². The number of aromatic nitrogens is 3. The quantitative estimate of drug-likeness (QED) is 0.446. The normalized spacial score (nSPS) is 11.4. The molecule has 164 valence electrons. The Labute approximate surface area is 184 Å². The van der Waals surface area contributed by atoms with Crippen LogP contribution in [-0.2, 0) is 10.0 Å². The second kappa shape index (κ2) is 8.39. The number of nitrogens with zero attached hydrogens (tertiary/aromatic N) is 3. The molecule has 4 rings (SSSR count). The van der Waals surface area contributed by atoms with Gasteiger partial charge in [-0.05, 0) is 38.1 Å². The smallest absolute Gasteiger partial charge is 0.322 e. The topological polar surface area (TPSA) is 107 Å². The Hall–Kier alpha value is -3.79. The van der Waals surface area contributed by atoms with Gasteiger partial charge in [0.15, 0.2) is 17.5 Å². The van der Waals surface area contributed by atoms with Gasteiger partial charge in [-0.15, -0.1) is 0 Å². The van der Waals surface area contributed by atoms with Crippen molar-refractivity contribution in [1.29, 1.82) is 0 Å². The maximum atomic E-state index is 13.8. The van der Waals surface area contributed by atoms with Crippen molar-refractivity contribution in [2.24, 2.45) is 0 Å². The van der Waals surface area contributed by atoms with E-state index in [0.717, 1.165) is 5.56 Å². The van der Waals surface area contributed by atoms with Crippen molar-refractivity contribution >= 4 is 15.7 Å². The van der Waals surface area contributed by atoms with E-state index in [-0.39, 0.29) is 22.3 Å². The molecule has 0 fully saturated rings. The van der Waals surface area contributed by atoms with Gasteiger partial charge in [0.1, 0.15) is 12.0 Å².